The maximum atomic E-state index is 13.4. The van der Waals surface area contributed by atoms with E-state index in [2.05, 4.69) is 27.5 Å². The van der Waals surface area contributed by atoms with Crippen LogP contribution in [0.3, 0.4) is 0 Å². The van der Waals surface area contributed by atoms with Crippen molar-refractivity contribution in [3.05, 3.63) is 70.9 Å². The monoisotopic (exact) mass is 434 g/mol. The standard InChI is InChI=1S/C22H22ClF3N4/c1-2-3-4-7-15-10-12-16(13-11-15)28-21-27-14-17(22(24,25)26)20(30-21)29-19-9-6-5-8-18(19)23/h5-6,8-14H,2-4,7H2,1H3,(H2,27,28,29,30). The van der Waals surface area contributed by atoms with Crippen molar-refractivity contribution in [2.45, 2.75) is 38.8 Å². The van der Waals surface area contributed by atoms with Crippen molar-refractivity contribution in [2.24, 2.45) is 0 Å². The molecule has 0 aliphatic heterocycles. The smallest absolute Gasteiger partial charge is 0.338 e. The number of alkyl halides is 3. The zero-order chi connectivity index (χ0) is 21.6. The molecule has 4 nitrogen and oxygen atoms in total. The van der Waals surface area contributed by atoms with Crippen molar-refractivity contribution in [3.8, 4) is 0 Å². The number of nitrogens with zero attached hydrogens (tertiary/aromatic N) is 2. The Balaban J connectivity index is 1.81. The number of unbranched alkanes of at least 4 members (excludes halogenated alkanes) is 2. The summed E-state index contributed by atoms with van der Waals surface area (Å²) in [5.41, 5.74) is 1.26. The molecule has 0 fully saturated rings. The number of rotatable bonds is 8. The highest BCUT2D eigenvalue weighted by molar-refractivity contribution is 6.33. The molecule has 0 aliphatic rings. The predicted octanol–water partition coefficient (Wildman–Crippen LogP) is 7.37. The molecule has 0 spiro atoms. The second-order valence-corrected chi connectivity index (χ2v) is 7.24. The molecule has 1 heterocycles. The Morgan fingerprint density at radius 2 is 1.70 bits per heavy atom. The fourth-order valence-corrected chi connectivity index (χ4v) is 3.08. The van der Waals surface area contributed by atoms with Gasteiger partial charge in [-0.1, -0.05) is 55.6 Å². The summed E-state index contributed by atoms with van der Waals surface area (Å²) in [6, 6.07) is 14.2. The molecule has 0 aliphatic carbocycles. The van der Waals surface area contributed by atoms with Crippen LogP contribution in [0.25, 0.3) is 0 Å². The third-order valence-electron chi connectivity index (χ3n) is 4.50. The van der Waals surface area contributed by atoms with Crippen molar-refractivity contribution in [2.75, 3.05) is 10.6 Å². The summed E-state index contributed by atoms with van der Waals surface area (Å²) in [6.07, 6.45) is 0.616. The number of hydrogen-bond donors (Lipinski definition) is 2. The summed E-state index contributed by atoms with van der Waals surface area (Å²) in [5.74, 6) is -0.319. The van der Waals surface area contributed by atoms with E-state index in [1.54, 1.807) is 24.3 Å². The average Bonchev–Trinajstić information content (AvgIpc) is 2.70. The van der Waals surface area contributed by atoms with E-state index in [0.717, 1.165) is 25.5 Å². The number of para-hydroxylation sites is 1. The van der Waals surface area contributed by atoms with Gasteiger partial charge in [0.05, 0.1) is 10.7 Å². The highest BCUT2D eigenvalue weighted by Crippen LogP contribution is 2.36. The lowest BCUT2D eigenvalue weighted by Gasteiger charge is -2.15. The number of aryl methyl sites for hydroxylation is 1. The number of anilines is 4. The van der Waals surface area contributed by atoms with Crippen LogP contribution in [0.4, 0.5) is 36.3 Å². The SMILES string of the molecule is CCCCCc1ccc(Nc2ncc(C(F)(F)F)c(Nc3ccccc3Cl)n2)cc1. The van der Waals surface area contributed by atoms with Crippen molar-refractivity contribution in [3.63, 3.8) is 0 Å². The molecule has 2 aromatic carbocycles. The fraction of sp³-hybridized carbons (Fsp3) is 0.273. The van der Waals surface area contributed by atoms with Crippen LogP contribution in [0.5, 0.6) is 0 Å². The predicted molar refractivity (Wildman–Crippen MR) is 115 cm³/mol. The van der Waals surface area contributed by atoms with Crippen molar-refractivity contribution < 1.29 is 13.2 Å². The molecule has 2 N–H and O–H groups in total. The molecule has 8 heteroatoms. The molecule has 3 aromatic rings. The van der Waals surface area contributed by atoms with Gasteiger partial charge >= 0.3 is 6.18 Å². The normalized spacial score (nSPS) is 11.4. The van der Waals surface area contributed by atoms with E-state index in [0.29, 0.717) is 11.4 Å². The summed E-state index contributed by atoms with van der Waals surface area (Å²) in [6.45, 7) is 2.16. The van der Waals surface area contributed by atoms with E-state index in [4.69, 9.17) is 11.6 Å². The van der Waals surface area contributed by atoms with E-state index in [-0.39, 0.29) is 16.8 Å². The molecule has 0 atom stereocenters. The second-order valence-electron chi connectivity index (χ2n) is 6.84. The Kier molecular flexibility index (Phi) is 7.15. The summed E-state index contributed by atoms with van der Waals surface area (Å²) >= 11 is 6.07. The van der Waals surface area contributed by atoms with Crippen LogP contribution in [0.1, 0.15) is 37.3 Å². The zero-order valence-corrected chi connectivity index (χ0v) is 17.2. The quantitative estimate of drug-likeness (QED) is 0.363. The summed E-state index contributed by atoms with van der Waals surface area (Å²) < 4.78 is 40.2. The van der Waals surface area contributed by atoms with Crippen molar-refractivity contribution >= 4 is 34.7 Å². The molecule has 30 heavy (non-hydrogen) atoms. The van der Waals surface area contributed by atoms with Gasteiger partial charge in [0.2, 0.25) is 5.95 Å². The largest absolute Gasteiger partial charge is 0.421 e. The Morgan fingerprint density at radius 3 is 2.37 bits per heavy atom. The minimum atomic E-state index is -4.61. The van der Waals surface area contributed by atoms with E-state index in [1.807, 2.05) is 24.3 Å². The van der Waals surface area contributed by atoms with Gasteiger partial charge in [-0.2, -0.15) is 18.2 Å². The third kappa shape index (κ3) is 5.86. The highest BCUT2D eigenvalue weighted by atomic mass is 35.5. The van der Waals surface area contributed by atoms with Gasteiger partial charge in [0, 0.05) is 11.9 Å². The zero-order valence-electron chi connectivity index (χ0n) is 16.4. The van der Waals surface area contributed by atoms with E-state index >= 15 is 0 Å². The van der Waals surface area contributed by atoms with Gasteiger partial charge < -0.3 is 10.6 Å². The van der Waals surface area contributed by atoms with Gasteiger partial charge in [0.1, 0.15) is 11.4 Å². The number of aromatic nitrogens is 2. The first-order chi connectivity index (χ1) is 14.4. The fourth-order valence-electron chi connectivity index (χ4n) is 2.90. The molecule has 0 unspecified atom stereocenters. The van der Waals surface area contributed by atoms with Gasteiger partial charge in [-0.3, -0.25) is 0 Å². The molecule has 1 aromatic heterocycles. The molecular weight excluding hydrogens is 413 g/mol. The van der Waals surface area contributed by atoms with E-state index in [9.17, 15) is 13.2 Å². The lowest BCUT2D eigenvalue weighted by molar-refractivity contribution is -0.137. The van der Waals surface area contributed by atoms with Crippen LogP contribution in [-0.2, 0) is 12.6 Å². The molecule has 0 bridgehead atoms. The number of nitrogens with one attached hydrogen (secondary N) is 2. The molecule has 0 saturated carbocycles. The maximum absolute atomic E-state index is 13.4. The number of halogens is 4. The van der Waals surface area contributed by atoms with Crippen LogP contribution in [-0.4, -0.2) is 9.97 Å². The maximum Gasteiger partial charge on any atom is 0.421 e. The van der Waals surface area contributed by atoms with Crippen LogP contribution in [0.2, 0.25) is 5.02 Å². The Bertz CT molecular complexity index is 975. The first-order valence-electron chi connectivity index (χ1n) is 9.68. The highest BCUT2D eigenvalue weighted by Gasteiger charge is 2.35. The lowest BCUT2D eigenvalue weighted by atomic mass is 10.1. The Labute approximate surface area is 178 Å². The summed E-state index contributed by atoms with van der Waals surface area (Å²) in [5, 5.41) is 5.91. The summed E-state index contributed by atoms with van der Waals surface area (Å²) in [4.78, 5) is 7.87. The van der Waals surface area contributed by atoms with Gasteiger partial charge in [0.25, 0.3) is 0 Å². The number of benzene rings is 2. The number of hydrogen-bond acceptors (Lipinski definition) is 4. The molecule has 3 rings (SSSR count). The average molecular weight is 435 g/mol. The second kappa shape index (κ2) is 9.80. The first kappa shape index (κ1) is 21.9. The van der Waals surface area contributed by atoms with Crippen LogP contribution < -0.4 is 10.6 Å². The summed E-state index contributed by atoms with van der Waals surface area (Å²) in [7, 11) is 0. The minimum absolute atomic E-state index is 0.0521. The van der Waals surface area contributed by atoms with Crippen molar-refractivity contribution in [1.82, 2.24) is 9.97 Å². The third-order valence-corrected chi connectivity index (χ3v) is 4.83. The molecule has 0 radical (unpaired) electrons. The van der Waals surface area contributed by atoms with Crippen molar-refractivity contribution in [1.29, 1.82) is 0 Å². The van der Waals surface area contributed by atoms with E-state index < -0.39 is 11.7 Å². The van der Waals surface area contributed by atoms with E-state index in [1.165, 1.54) is 12.0 Å². The van der Waals surface area contributed by atoms with Gasteiger partial charge in [-0.05, 0) is 42.7 Å². The first-order valence-corrected chi connectivity index (χ1v) is 10.1. The topological polar surface area (TPSA) is 49.8 Å². The van der Waals surface area contributed by atoms with Gasteiger partial charge in [0.15, 0.2) is 0 Å². The lowest BCUT2D eigenvalue weighted by Crippen LogP contribution is -2.12. The van der Waals surface area contributed by atoms with Gasteiger partial charge in [-0.25, -0.2) is 4.98 Å². The molecule has 0 amide bonds. The van der Waals surface area contributed by atoms with Crippen LogP contribution >= 0.6 is 11.6 Å². The van der Waals surface area contributed by atoms with Gasteiger partial charge in [-0.15, -0.1) is 0 Å². The molecule has 0 saturated heterocycles. The Hall–Kier alpha value is -2.80. The van der Waals surface area contributed by atoms with Crippen LogP contribution in [0, 0.1) is 0 Å². The Morgan fingerprint density at radius 1 is 0.967 bits per heavy atom. The van der Waals surface area contributed by atoms with Crippen LogP contribution in [0.15, 0.2) is 54.7 Å². The molecular formula is C22H22ClF3N4. The molecule has 158 valence electrons. The minimum Gasteiger partial charge on any atom is -0.338 e.